The fraction of sp³-hybridized carbons (Fsp3) is 0.444. The Kier molecular flexibility index (Phi) is 8.84. The molecule has 1 saturated heterocycles. The quantitative estimate of drug-likeness (QED) is 0.597. The van der Waals surface area contributed by atoms with Crippen LogP contribution in [-0.4, -0.2) is 71.9 Å². The minimum Gasteiger partial charge on any atom is -0.368 e. The van der Waals surface area contributed by atoms with Crippen molar-refractivity contribution in [2.24, 2.45) is 0 Å². The Labute approximate surface area is 218 Å². The van der Waals surface area contributed by atoms with Gasteiger partial charge in [0.2, 0.25) is 5.91 Å². The average Bonchev–Trinajstić information content (AvgIpc) is 2.82. The molecule has 9 heteroatoms. The van der Waals surface area contributed by atoms with Gasteiger partial charge in [-0.3, -0.25) is 9.59 Å². The highest BCUT2D eigenvalue weighted by atomic mass is 35.5. The molecule has 3 rings (SSSR count). The molecule has 1 heterocycles. The van der Waals surface area contributed by atoms with E-state index in [0.29, 0.717) is 29.4 Å². The molecule has 1 aliphatic heterocycles. The SMILES string of the molecule is CC(C)N(CC(=O)Nc1ccc(N2CCN(C(=O)NC(C)(C)C)CC2)cc1)C(=O)c1ccccc1Cl. The molecule has 0 saturated carbocycles. The van der Waals surface area contributed by atoms with Crippen LogP contribution in [0.1, 0.15) is 45.0 Å². The molecule has 8 nitrogen and oxygen atoms in total. The number of hydrogen-bond acceptors (Lipinski definition) is 4. The number of halogens is 1. The summed E-state index contributed by atoms with van der Waals surface area (Å²) in [6, 6.07) is 14.2. The van der Waals surface area contributed by atoms with Crippen molar-refractivity contribution in [3.63, 3.8) is 0 Å². The monoisotopic (exact) mass is 513 g/mol. The molecule has 1 aliphatic rings. The molecular weight excluding hydrogens is 478 g/mol. The number of piperazine rings is 1. The molecule has 0 aliphatic carbocycles. The topological polar surface area (TPSA) is 85.0 Å². The van der Waals surface area contributed by atoms with Crippen molar-refractivity contribution in [1.29, 1.82) is 0 Å². The molecule has 2 N–H and O–H groups in total. The van der Waals surface area contributed by atoms with Crippen LogP contribution in [0.2, 0.25) is 5.02 Å². The molecule has 4 amide bonds. The molecule has 0 unspecified atom stereocenters. The minimum atomic E-state index is -0.282. The van der Waals surface area contributed by atoms with Crippen molar-refractivity contribution in [3.8, 4) is 0 Å². The van der Waals surface area contributed by atoms with Gasteiger partial charge in [0.25, 0.3) is 5.91 Å². The highest BCUT2D eigenvalue weighted by Gasteiger charge is 2.25. The molecule has 0 radical (unpaired) electrons. The fourth-order valence-electron chi connectivity index (χ4n) is 3.96. The zero-order valence-corrected chi connectivity index (χ0v) is 22.4. The summed E-state index contributed by atoms with van der Waals surface area (Å²) in [5, 5.41) is 6.24. The second-order valence-corrected chi connectivity index (χ2v) is 10.7. The van der Waals surface area contributed by atoms with Gasteiger partial charge in [-0.2, -0.15) is 0 Å². The first kappa shape index (κ1) is 27.3. The van der Waals surface area contributed by atoms with Gasteiger partial charge < -0.3 is 25.3 Å². The molecule has 0 atom stereocenters. The van der Waals surface area contributed by atoms with Gasteiger partial charge >= 0.3 is 6.03 Å². The third kappa shape index (κ3) is 7.37. The summed E-state index contributed by atoms with van der Waals surface area (Å²) >= 11 is 6.19. The number of carbonyl (C=O) groups is 3. The maximum atomic E-state index is 13.0. The van der Waals surface area contributed by atoms with Crippen LogP contribution in [0.4, 0.5) is 16.2 Å². The predicted molar refractivity (Wildman–Crippen MR) is 145 cm³/mol. The van der Waals surface area contributed by atoms with Crippen molar-refractivity contribution >= 4 is 40.8 Å². The van der Waals surface area contributed by atoms with Crippen molar-refractivity contribution < 1.29 is 14.4 Å². The summed E-state index contributed by atoms with van der Waals surface area (Å²) in [6.07, 6.45) is 0. The second kappa shape index (κ2) is 11.6. The lowest BCUT2D eigenvalue weighted by Crippen LogP contribution is -2.55. The predicted octanol–water partition coefficient (Wildman–Crippen LogP) is 4.46. The Morgan fingerprint density at radius 1 is 0.972 bits per heavy atom. The van der Waals surface area contributed by atoms with Gasteiger partial charge in [0, 0.05) is 49.1 Å². The molecule has 0 bridgehead atoms. The van der Waals surface area contributed by atoms with E-state index in [2.05, 4.69) is 15.5 Å². The maximum Gasteiger partial charge on any atom is 0.317 e. The molecule has 0 aromatic heterocycles. The van der Waals surface area contributed by atoms with Gasteiger partial charge in [0.1, 0.15) is 6.54 Å². The summed E-state index contributed by atoms with van der Waals surface area (Å²) in [5.74, 6) is -0.563. The van der Waals surface area contributed by atoms with E-state index in [-0.39, 0.29) is 36.0 Å². The zero-order valence-electron chi connectivity index (χ0n) is 21.7. The van der Waals surface area contributed by atoms with Gasteiger partial charge in [0.15, 0.2) is 0 Å². The summed E-state index contributed by atoms with van der Waals surface area (Å²) in [6.45, 7) is 12.3. The summed E-state index contributed by atoms with van der Waals surface area (Å²) in [4.78, 5) is 43.7. The van der Waals surface area contributed by atoms with Crippen LogP contribution in [0.5, 0.6) is 0 Å². The van der Waals surface area contributed by atoms with Crippen LogP contribution in [-0.2, 0) is 4.79 Å². The van der Waals surface area contributed by atoms with E-state index >= 15 is 0 Å². The first-order chi connectivity index (χ1) is 16.9. The van der Waals surface area contributed by atoms with Gasteiger partial charge in [-0.1, -0.05) is 23.7 Å². The summed E-state index contributed by atoms with van der Waals surface area (Å²) in [5.41, 5.74) is 1.80. The molecule has 0 spiro atoms. The Balaban J connectivity index is 1.55. The van der Waals surface area contributed by atoms with Crippen molar-refractivity contribution in [1.82, 2.24) is 15.1 Å². The second-order valence-electron chi connectivity index (χ2n) is 10.3. The van der Waals surface area contributed by atoms with E-state index in [1.807, 2.05) is 63.8 Å². The highest BCUT2D eigenvalue weighted by Crippen LogP contribution is 2.21. The van der Waals surface area contributed by atoms with Crippen LogP contribution >= 0.6 is 11.6 Å². The molecule has 36 heavy (non-hydrogen) atoms. The van der Waals surface area contributed by atoms with Crippen molar-refractivity contribution in [2.75, 3.05) is 42.9 Å². The maximum absolute atomic E-state index is 13.0. The van der Waals surface area contributed by atoms with Gasteiger partial charge in [-0.15, -0.1) is 0 Å². The molecule has 2 aromatic carbocycles. The number of urea groups is 1. The zero-order chi connectivity index (χ0) is 26.5. The van der Waals surface area contributed by atoms with Crippen molar-refractivity contribution in [3.05, 3.63) is 59.1 Å². The molecule has 194 valence electrons. The Bertz CT molecular complexity index is 1070. The van der Waals surface area contributed by atoms with E-state index < -0.39 is 0 Å². The number of nitrogens with one attached hydrogen (secondary N) is 2. The van der Waals surface area contributed by atoms with E-state index in [1.165, 1.54) is 4.90 Å². The smallest absolute Gasteiger partial charge is 0.317 e. The minimum absolute atomic E-state index is 0.0383. The number of anilines is 2. The number of carbonyl (C=O) groups excluding carboxylic acids is 3. The van der Waals surface area contributed by atoms with E-state index in [0.717, 1.165) is 18.8 Å². The number of benzene rings is 2. The normalized spacial score (nSPS) is 14.0. The summed E-state index contributed by atoms with van der Waals surface area (Å²) < 4.78 is 0. The number of rotatable bonds is 6. The number of amides is 4. The van der Waals surface area contributed by atoms with E-state index in [9.17, 15) is 14.4 Å². The van der Waals surface area contributed by atoms with E-state index in [4.69, 9.17) is 11.6 Å². The molecule has 2 aromatic rings. The van der Waals surface area contributed by atoms with Gasteiger partial charge in [0.05, 0.1) is 10.6 Å². The Morgan fingerprint density at radius 3 is 2.14 bits per heavy atom. The third-order valence-electron chi connectivity index (χ3n) is 5.87. The van der Waals surface area contributed by atoms with Crippen LogP contribution in [0.3, 0.4) is 0 Å². The molecular formula is C27H36ClN5O3. The number of hydrogen-bond donors (Lipinski definition) is 2. The third-order valence-corrected chi connectivity index (χ3v) is 6.20. The highest BCUT2D eigenvalue weighted by molar-refractivity contribution is 6.33. The first-order valence-corrected chi connectivity index (χ1v) is 12.6. The molecule has 1 fully saturated rings. The largest absolute Gasteiger partial charge is 0.368 e. The van der Waals surface area contributed by atoms with E-state index in [1.54, 1.807) is 24.3 Å². The summed E-state index contributed by atoms with van der Waals surface area (Å²) in [7, 11) is 0. The first-order valence-electron chi connectivity index (χ1n) is 12.2. The van der Waals surface area contributed by atoms with Gasteiger partial charge in [-0.25, -0.2) is 4.79 Å². The fourth-order valence-corrected chi connectivity index (χ4v) is 4.17. The van der Waals surface area contributed by atoms with Gasteiger partial charge in [-0.05, 0) is 71.0 Å². The Hall–Kier alpha value is -3.26. The van der Waals surface area contributed by atoms with Crippen LogP contribution in [0.25, 0.3) is 0 Å². The van der Waals surface area contributed by atoms with Crippen LogP contribution in [0, 0.1) is 0 Å². The van der Waals surface area contributed by atoms with Crippen molar-refractivity contribution in [2.45, 2.75) is 46.2 Å². The van der Waals surface area contributed by atoms with Crippen LogP contribution < -0.4 is 15.5 Å². The standard InChI is InChI=1S/C27H36ClN5O3/c1-19(2)33(25(35)22-8-6-7-9-23(22)28)18-24(34)29-20-10-12-21(13-11-20)31-14-16-32(17-15-31)26(36)30-27(3,4)5/h6-13,19H,14-18H2,1-5H3,(H,29,34)(H,30,36). The average molecular weight is 514 g/mol. The lowest BCUT2D eigenvalue weighted by Gasteiger charge is -2.37. The number of nitrogens with zero attached hydrogens (tertiary/aromatic N) is 3. The lowest BCUT2D eigenvalue weighted by molar-refractivity contribution is -0.117. The lowest BCUT2D eigenvalue weighted by atomic mass is 10.1. The Morgan fingerprint density at radius 2 is 1.58 bits per heavy atom. The van der Waals surface area contributed by atoms with Crippen LogP contribution in [0.15, 0.2) is 48.5 Å².